The van der Waals surface area contributed by atoms with Gasteiger partial charge in [-0.25, -0.2) is 8.42 Å². The Morgan fingerprint density at radius 2 is 1.56 bits per heavy atom. The van der Waals surface area contributed by atoms with Crippen molar-refractivity contribution in [3.8, 4) is 0 Å². The van der Waals surface area contributed by atoms with E-state index < -0.39 is 32.6 Å². The van der Waals surface area contributed by atoms with Crippen molar-refractivity contribution in [2.45, 2.75) is 37.0 Å². The monoisotopic (exact) mass is 496 g/mol. The van der Waals surface area contributed by atoms with Crippen LogP contribution in [0.5, 0.6) is 0 Å². The van der Waals surface area contributed by atoms with Crippen molar-refractivity contribution in [3.05, 3.63) is 78.1 Å². The number of carbonyl (C=O) groups is 1. The van der Waals surface area contributed by atoms with Gasteiger partial charge < -0.3 is 13.7 Å². The Kier molecular flexibility index (Phi) is 6.85. The number of benzene rings is 1. The molecule has 1 saturated heterocycles. The second-order valence-electron chi connectivity index (χ2n) is 8.06. The zero-order valence-corrected chi connectivity index (χ0v) is 18.9. The first kappa shape index (κ1) is 24.1. The van der Waals surface area contributed by atoms with Crippen LogP contribution in [0, 0.1) is 5.92 Å². The van der Waals surface area contributed by atoms with Gasteiger partial charge in [0, 0.05) is 19.0 Å². The summed E-state index contributed by atoms with van der Waals surface area (Å²) in [5.74, 6) is 0.607. The van der Waals surface area contributed by atoms with Crippen LogP contribution in [-0.4, -0.2) is 36.6 Å². The first-order valence-electron chi connectivity index (χ1n) is 10.7. The number of alkyl halides is 3. The highest BCUT2D eigenvalue weighted by Crippen LogP contribution is 2.32. The van der Waals surface area contributed by atoms with E-state index in [2.05, 4.69) is 0 Å². The van der Waals surface area contributed by atoms with Crippen LogP contribution in [0.4, 0.5) is 13.2 Å². The van der Waals surface area contributed by atoms with Crippen LogP contribution >= 0.6 is 0 Å². The molecule has 1 aromatic carbocycles. The molecule has 3 aromatic rings. The predicted octanol–water partition coefficient (Wildman–Crippen LogP) is 4.52. The maximum absolute atomic E-state index is 13.3. The average molecular weight is 497 g/mol. The number of rotatable bonds is 7. The number of amides is 1. The highest BCUT2D eigenvalue weighted by atomic mass is 32.2. The summed E-state index contributed by atoms with van der Waals surface area (Å²) in [6.45, 7) is 0.527. The fourth-order valence-electron chi connectivity index (χ4n) is 3.98. The molecule has 34 heavy (non-hydrogen) atoms. The van der Waals surface area contributed by atoms with E-state index in [-0.39, 0.29) is 44.9 Å². The minimum Gasteiger partial charge on any atom is -0.467 e. The Balaban J connectivity index is 1.45. The van der Waals surface area contributed by atoms with E-state index in [4.69, 9.17) is 8.83 Å². The Morgan fingerprint density at radius 1 is 0.971 bits per heavy atom. The van der Waals surface area contributed by atoms with Crippen molar-refractivity contribution in [3.63, 3.8) is 0 Å². The molecule has 11 heteroatoms. The highest BCUT2D eigenvalue weighted by Gasteiger charge is 2.36. The second kappa shape index (κ2) is 9.67. The summed E-state index contributed by atoms with van der Waals surface area (Å²) in [5.41, 5.74) is -1.02. The highest BCUT2D eigenvalue weighted by molar-refractivity contribution is 7.89. The van der Waals surface area contributed by atoms with Crippen LogP contribution in [0.25, 0.3) is 0 Å². The minimum absolute atomic E-state index is 0.0321. The summed E-state index contributed by atoms with van der Waals surface area (Å²) in [4.78, 5) is 14.5. The fraction of sp³-hybridized carbons (Fsp3) is 0.348. The lowest BCUT2D eigenvalue weighted by atomic mass is 9.96. The first-order chi connectivity index (χ1) is 16.1. The van der Waals surface area contributed by atoms with E-state index >= 15 is 0 Å². The molecule has 1 fully saturated rings. The third-order valence-electron chi connectivity index (χ3n) is 5.77. The van der Waals surface area contributed by atoms with Gasteiger partial charge in [0.05, 0.1) is 36.1 Å². The summed E-state index contributed by atoms with van der Waals surface area (Å²) < 4.78 is 76.8. The van der Waals surface area contributed by atoms with Gasteiger partial charge in [0.15, 0.2) is 0 Å². The number of furan rings is 2. The predicted molar refractivity (Wildman–Crippen MR) is 115 cm³/mol. The summed E-state index contributed by atoms with van der Waals surface area (Å²) in [6, 6.07) is 10.7. The molecule has 182 valence electrons. The van der Waals surface area contributed by atoms with Crippen molar-refractivity contribution in [2.75, 3.05) is 13.1 Å². The Morgan fingerprint density at radius 3 is 2.06 bits per heavy atom. The maximum Gasteiger partial charge on any atom is 0.416 e. The van der Waals surface area contributed by atoms with Crippen LogP contribution < -0.4 is 0 Å². The molecule has 0 bridgehead atoms. The molecule has 0 unspecified atom stereocenters. The third kappa shape index (κ3) is 5.36. The Bertz CT molecular complexity index is 1160. The molecule has 3 heterocycles. The molecule has 0 N–H and O–H groups in total. The molecule has 0 saturated carbocycles. The lowest BCUT2D eigenvalue weighted by molar-refractivity contribution is -0.139. The molecule has 4 rings (SSSR count). The van der Waals surface area contributed by atoms with E-state index in [9.17, 15) is 26.4 Å². The second-order valence-corrected chi connectivity index (χ2v) is 9.99. The summed E-state index contributed by atoms with van der Waals surface area (Å²) in [7, 11) is -4.12. The number of sulfonamides is 1. The third-order valence-corrected chi connectivity index (χ3v) is 7.66. The van der Waals surface area contributed by atoms with E-state index in [0.29, 0.717) is 17.6 Å². The molecule has 1 aliphatic rings. The van der Waals surface area contributed by atoms with Crippen molar-refractivity contribution in [1.82, 2.24) is 9.21 Å². The normalized spacial score (nSPS) is 16.0. The maximum atomic E-state index is 13.3. The van der Waals surface area contributed by atoms with Gasteiger partial charge >= 0.3 is 6.18 Å². The number of carbonyl (C=O) groups excluding carboxylic acids is 1. The molecule has 7 nitrogen and oxygen atoms in total. The van der Waals surface area contributed by atoms with E-state index in [1.807, 2.05) is 0 Å². The molecule has 0 atom stereocenters. The zero-order valence-electron chi connectivity index (χ0n) is 18.1. The summed E-state index contributed by atoms with van der Waals surface area (Å²) >= 11 is 0. The average Bonchev–Trinajstić information content (AvgIpc) is 3.52. The van der Waals surface area contributed by atoms with Crippen LogP contribution in [0.2, 0.25) is 0 Å². The Labute approximate surface area is 194 Å². The SMILES string of the molecule is O=C(C1CCN(S(=O)(=O)c2cccc(C(F)(F)F)c2)CC1)N(Cc1ccco1)Cc1ccco1. The molecule has 1 amide bonds. The van der Waals surface area contributed by atoms with Crippen molar-refractivity contribution >= 4 is 15.9 Å². The molecule has 1 aliphatic heterocycles. The van der Waals surface area contributed by atoms with Crippen molar-refractivity contribution in [1.29, 1.82) is 0 Å². The van der Waals surface area contributed by atoms with E-state index in [1.54, 1.807) is 29.2 Å². The molecule has 2 aromatic heterocycles. The van der Waals surface area contributed by atoms with Crippen molar-refractivity contribution < 1.29 is 35.2 Å². The molecular formula is C23H23F3N2O5S. The molecule has 0 aliphatic carbocycles. The lowest BCUT2D eigenvalue weighted by Gasteiger charge is -2.33. The summed E-state index contributed by atoms with van der Waals surface area (Å²) in [6.07, 6.45) is -1.10. The topological polar surface area (TPSA) is 84.0 Å². The van der Waals surface area contributed by atoms with Gasteiger partial charge in [-0.2, -0.15) is 17.5 Å². The number of halogens is 3. The van der Waals surface area contributed by atoms with Gasteiger partial charge in [-0.05, 0) is 55.3 Å². The number of piperidine rings is 1. The Hall–Kier alpha value is -3.05. The van der Waals surface area contributed by atoms with Gasteiger partial charge in [0.25, 0.3) is 0 Å². The van der Waals surface area contributed by atoms with Gasteiger partial charge in [-0.15, -0.1) is 0 Å². The smallest absolute Gasteiger partial charge is 0.416 e. The quantitative estimate of drug-likeness (QED) is 0.480. The number of nitrogens with zero attached hydrogens (tertiary/aromatic N) is 2. The molecule has 0 radical (unpaired) electrons. The van der Waals surface area contributed by atoms with Gasteiger partial charge in [-0.3, -0.25) is 4.79 Å². The van der Waals surface area contributed by atoms with Gasteiger partial charge in [0.1, 0.15) is 11.5 Å². The molecule has 0 spiro atoms. The van der Waals surface area contributed by atoms with Crippen LogP contribution in [0.1, 0.15) is 29.9 Å². The zero-order chi connectivity index (χ0) is 24.3. The number of hydrogen-bond acceptors (Lipinski definition) is 5. The summed E-state index contributed by atoms with van der Waals surface area (Å²) in [5, 5.41) is 0. The van der Waals surface area contributed by atoms with Gasteiger partial charge in [-0.1, -0.05) is 6.07 Å². The minimum atomic E-state index is -4.64. The largest absolute Gasteiger partial charge is 0.467 e. The van der Waals surface area contributed by atoms with Crippen LogP contribution in [-0.2, 0) is 34.1 Å². The lowest BCUT2D eigenvalue weighted by Crippen LogP contribution is -2.44. The van der Waals surface area contributed by atoms with Crippen LogP contribution in [0.3, 0.4) is 0 Å². The standard InChI is InChI=1S/C23H23F3N2O5S/c24-23(25,26)18-4-1-7-21(14-18)34(30,31)28-10-8-17(9-11-28)22(29)27(15-19-5-2-12-32-19)16-20-6-3-13-33-20/h1-7,12-14,17H,8-11,15-16H2. The van der Waals surface area contributed by atoms with Crippen LogP contribution in [0.15, 0.2) is 74.8 Å². The van der Waals surface area contributed by atoms with E-state index in [1.165, 1.54) is 12.5 Å². The van der Waals surface area contributed by atoms with Gasteiger partial charge in [0.2, 0.25) is 15.9 Å². The van der Waals surface area contributed by atoms with Crippen molar-refractivity contribution in [2.24, 2.45) is 5.92 Å². The van der Waals surface area contributed by atoms with E-state index in [0.717, 1.165) is 22.5 Å². The fourth-order valence-corrected chi connectivity index (χ4v) is 5.49. The molecular weight excluding hydrogens is 473 g/mol. The first-order valence-corrected chi connectivity index (χ1v) is 12.1. The number of hydrogen-bond donors (Lipinski definition) is 0.